The number of ether oxygens (including phenoxy) is 1. The normalized spacial score (nSPS) is 10.7. The Balaban J connectivity index is 0.000000191. The fourth-order valence-electron chi connectivity index (χ4n) is 4.29. The van der Waals surface area contributed by atoms with Crippen LogP contribution in [0.5, 0.6) is 0 Å². The molecule has 4 heterocycles. The summed E-state index contributed by atoms with van der Waals surface area (Å²) in [5.41, 5.74) is 1.89. The first-order chi connectivity index (χ1) is 23.4. The Morgan fingerprint density at radius 3 is 1.61 bits per heavy atom. The number of halogens is 2. The summed E-state index contributed by atoms with van der Waals surface area (Å²) >= 11 is 0. The highest BCUT2D eigenvalue weighted by atomic mass is 19.1. The molecule has 0 aliphatic heterocycles. The molecule has 0 fully saturated rings. The Bertz CT molecular complexity index is 2240. The standard InChI is InChI=1S/C15H13FN6O3.C14H11FN6O3/c1-8-5-9(3-4-10(8)16)7-17-13(23)11-6-12(14(24)25-2)22-15(18-11)19-20-21-22;1-7-4-8(2-3-9(7)15)6-16-12(22)10-5-11(13(23)24)21-14(17-10)18-19-20-21/h3-6H,7H2,1-2H3,(H,17,23);2-5H,6H2,1H3,(H,16,22)(H,23,24). The number of aromatic nitrogens is 10. The van der Waals surface area contributed by atoms with Crippen molar-refractivity contribution >= 4 is 35.3 Å². The van der Waals surface area contributed by atoms with Gasteiger partial charge in [-0.15, -0.1) is 0 Å². The molecule has 2 aromatic carbocycles. The van der Waals surface area contributed by atoms with Gasteiger partial charge in [0, 0.05) is 25.2 Å². The van der Waals surface area contributed by atoms with Crippen molar-refractivity contribution in [3.63, 3.8) is 0 Å². The maximum Gasteiger partial charge on any atom is 0.357 e. The third-order valence-electron chi connectivity index (χ3n) is 6.78. The summed E-state index contributed by atoms with van der Waals surface area (Å²) in [5.74, 6) is -3.88. The van der Waals surface area contributed by atoms with Gasteiger partial charge in [-0.05, 0) is 69.1 Å². The zero-order valence-electron chi connectivity index (χ0n) is 25.7. The van der Waals surface area contributed by atoms with E-state index in [1.807, 2.05) is 0 Å². The molecular weight excluding hydrogens is 650 g/mol. The van der Waals surface area contributed by atoms with Gasteiger partial charge in [-0.1, -0.05) is 34.5 Å². The molecule has 0 aliphatic carbocycles. The van der Waals surface area contributed by atoms with E-state index in [-0.39, 0.29) is 59.1 Å². The minimum absolute atomic E-state index is 0.00863. The van der Waals surface area contributed by atoms with Crippen LogP contribution in [0, 0.1) is 25.5 Å². The molecule has 0 radical (unpaired) electrons. The van der Waals surface area contributed by atoms with E-state index >= 15 is 0 Å². The van der Waals surface area contributed by atoms with Crippen molar-refractivity contribution in [2.75, 3.05) is 7.11 Å². The van der Waals surface area contributed by atoms with Gasteiger partial charge in [-0.25, -0.2) is 28.3 Å². The van der Waals surface area contributed by atoms with Gasteiger partial charge in [0.25, 0.3) is 23.4 Å². The Morgan fingerprint density at radius 1 is 0.735 bits per heavy atom. The maximum atomic E-state index is 13.3. The molecule has 0 spiro atoms. The van der Waals surface area contributed by atoms with Crippen LogP contribution < -0.4 is 10.6 Å². The number of rotatable bonds is 8. The number of carboxylic acids is 1. The first-order valence-corrected chi connectivity index (χ1v) is 14.0. The van der Waals surface area contributed by atoms with E-state index < -0.39 is 23.8 Å². The quantitative estimate of drug-likeness (QED) is 0.193. The molecule has 4 aromatic heterocycles. The van der Waals surface area contributed by atoms with Crippen LogP contribution in [0.25, 0.3) is 11.6 Å². The number of nitrogens with zero attached hydrogens (tertiary/aromatic N) is 10. The van der Waals surface area contributed by atoms with E-state index in [1.54, 1.807) is 38.1 Å². The highest BCUT2D eigenvalue weighted by Crippen LogP contribution is 2.12. The van der Waals surface area contributed by atoms with Crippen molar-refractivity contribution in [3.05, 3.63) is 105 Å². The van der Waals surface area contributed by atoms with E-state index in [0.29, 0.717) is 16.7 Å². The lowest BCUT2D eigenvalue weighted by molar-refractivity contribution is 0.0589. The average Bonchev–Trinajstić information content (AvgIpc) is 3.78. The monoisotopic (exact) mass is 674 g/mol. The third-order valence-corrected chi connectivity index (χ3v) is 6.78. The van der Waals surface area contributed by atoms with Gasteiger partial charge in [0.15, 0.2) is 11.4 Å². The second-order valence-electron chi connectivity index (χ2n) is 10.2. The molecule has 18 nitrogen and oxygen atoms in total. The number of carbonyl (C=O) groups excluding carboxylic acids is 3. The van der Waals surface area contributed by atoms with Gasteiger partial charge in [-0.2, -0.15) is 9.03 Å². The third kappa shape index (κ3) is 7.59. The van der Waals surface area contributed by atoms with E-state index in [0.717, 1.165) is 20.7 Å². The number of nitrogens with one attached hydrogen (secondary N) is 2. The molecule has 0 bridgehead atoms. The van der Waals surface area contributed by atoms with Crippen molar-refractivity contribution in [1.29, 1.82) is 0 Å². The van der Waals surface area contributed by atoms with Gasteiger partial charge in [-0.3, -0.25) is 9.59 Å². The zero-order chi connectivity index (χ0) is 35.2. The lowest BCUT2D eigenvalue weighted by Crippen LogP contribution is -2.25. The average molecular weight is 675 g/mol. The predicted octanol–water partition coefficient (Wildman–Crippen LogP) is 1.28. The number of carboxylic acid groups (broad SMARTS) is 1. The number of esters is 1. The number of benzene rings is 2. The van der Waals surface area contributed by atoms with Crippen molar-refractivity contribution in [3.8, 4) is 0 Å². The minimum Gasteiger partial charge on any atom is -0.477 e. The number of fused-ring (bicyclic) bond motifs is 2. The highest BCUT2D eigenvalue weighted by Gasteiger charge is 2.20. The minimum atomic E-state index is -1.29. The highest BCUT2D eigenvalue weighted by molar-refractivity contribution is 5.96. The molecule has 49 heavy (non-hydrogen) atoms. The Morgan fingerprint density at radius 2 is 1.18 bits per heavy atom. The van der Waals surface area contributed by atoms with Crippen LogP contribution in [0.15, 0.2) is 48.5 Å². The van der Waals surface area contributed by atoms with E-state index in [2.05, 4.69) is 56.4 Å². The molecular formula is C29H24F2N12O6. The van der Waals surface area contributed by atoms with Crippen molar-refractivity contribution in [1.82, 2.24) is 60.7 Å². The summed E-state index contributed by atoms with van der Waals surface area (Å²) in [6.07, 6.45) is 0. The fraction of sp³-hybridized carbons (Fsp3) is 0.172. The molecule has 3 N–H and O–H groups in total. The summed E-state index contributed by atoms with van der Waals surface area (Å²) in [6, 6.07) is 11.3. The lowest BCUT2D eigenvalue weighted by Gasteiger charge is -2.07. The SMILES string of the molecule is COC(=O)c1cc(C(=O)NCc2ccc(F)c(C)c2)nc2nnnn12.Cc1cc(CNC(=O)c2cc(C(=O)O)n3nnnc3n2)ccc1F. The van der Waals surface area contributed by atoms with Crippen LogP contribution >= 0.6 is 0 Å². The van der Waals surface area contributed by atoms with Gasteiger partial charge >= 0.3 is 11.9 Å². The number of aryl methyl sites for hydroxylation is 2. The number of hydrogen-bond acceptors (Lipinski definition) is 13. The second-order valence-corrected chi connectivity index (χ2v) is 10.2. The van der Waals surface area contributed by atoms with Gasteiger partial charge in [0.1, 0.15) is 23.0 Å². The smallest absolute Gasteiger partial charge is 0.357 e. The molecule has 6 aromatic rings. The zero-order valence-corrected chi connectivity index (χ0v) is 25.7. The Kier molecular flexibility index (Phi) is 9.76. The second kappa shape index (κ2) is 14.3. The molecule has 0 saturated heterocycles. The van der Waals surface area contributed by atoms with Crippen LogP contribution in [-0.2, 0) is 17.8 Å². The molecule has 0 atom stereocenters. The molecule has 20 heteroatoms. The number of tetrazole rings is 2. The molecule has 250 valence electrons. The molecule has 0 unspecified atom stereocenters. The maximum absolute atomic E-state index is 13.3. The number of carbonyl (C=O) groups is 4. The molecule has 0 saturated carbocycles. The summed E-state index contributed by atoms with van der Waals surface area (Å²) in [6.45, 7) is 3.57. The summed E-state index contributed by atoms with van der Waals surface area (Å²) in [5, 5.41) is 35.5. The molecule has 2 amide bonds. The van der Waals surface area contributed by atoms with E-state index in [1.165, 1.54) is 25.3 Å². The Hall–Kier alpha value is -6.86. The Labute approximate surface area is 273 Å². The topological polar surface area (TPSA) is 234 Å². The van der Waals surface area contributed by atoms with Gasteiger partial charge in [0.2, 0.25) is 0 Å². The van der Waals surface area contributed by atoms with Crippen molar-refractivity contribution < 1.29 is 37.8 Å². The van der Waals surface area contributed by atoms with Crippen LogP contribution in [-0.4, -0.2) is 86.0 Å². The van der Waals surface area contributed by atoms with Crippen LogP contribution in [0.3, 0.4) is 0 Å². The first-order valence-electron chi connectivity index (χ1n) is 14.0. The first kappa shape index (κ1) is 33.5. The molecule has 6 rings (SSSR count). The predicted molar refractivity (Wildman–Crippen MR) is 160 cm³/mol. The van der Waals surface area contributed by atoms with Crippen LogP contribution in [0.1, 0.15) is 64.2 Å². The van der Waals surface area contributed by atoms with Gasteiger partial charge < -0.3 is 20.5 Å². The van der Waals surface area contributed by atoms with Crippen molar-refractivity contribution in [2.45, 2.75) is 26.9 Å². The van der Waals surface area contributed by atoms with Crippen LogP contribution in [0.2, 0.25) is 0 Å². The number of amides is 2. The number of methoxy groups -OCH3 is 1. The fourth-order valence-corrected chi connectivity index (χ4v) is 4.29. The number of hydrogen-bond donors (Lipinski definition) is 3. The summed E-state index contributed by atoms with van der Waals surface area (Å²) < 4.78 is 33.1. The largest absolute Gasteiger partial charge is 0.477 e. The van der Waals surface area contributed by atoms with E-state index in [4.69, 9.17) is 5.11 Å². The van der Waals surface area contributed by atoms with Crippen LogP contribution in [0.4, 0.5) is 8.78 Å². The molecule has 0 aliphatic rings. The summed E-state index contributed by atoms with van der Waals surface area (Å²) in [7, 11) is 1.20. The number of aromatic carboxylic acids is 1. The van der Waals surface area contributed by atoms with Crippen molar-refractivity contribution in [2.24, 2.45) is 0 Å². The lowest BCUT2D eigenvalue weighted by atomic mass is 10.1. The summed E-state index contributed by atoms with van der Waals surface area (Å²) in [4.78, 5) is 55.5. The van der Waals surface area contributed by atoms with Gasteiger partial charge in [0.05, 0.1) is 7.11 Å². The van der Waals surface area contributed by atoms with E-state index in [9.17, 15) is 28.0 Å².